The second-order valence-corrected chi connectivity index (χ2v) is 4.37. The Hall–Kier alpha value is -1.84. The van der Waals surface area contributed by atoms with Crippen molar-refractivity contribution >= 4 is 11.6 Å². The molecule has 0 fully saturated rings. The largest absolute Gasteiger partial charge is 0.353 e. The lowest BCUT2D eigenvalue weighted by atomic mass is 10.2. The van der Waals surface area contributed by atoms with Crippen molar-refractivity contribution in [2.45, 2.75) is 25.7 Å². The van der Waals surface area contributed by atoms with Crippen molar-refractivity contribution in [1.29, 1.82) is 0 Å². The molecule has 2 heterocycles. The SMILES string of the molecule is C1=C(CCNc2nc3ccccn3n2)CCC1. The Balaban J connectivity index is 1.61. The van der Waals surface area contributed by atoms with Crippen LogP contribution in [0.5, 0.6) is 0 Å². The van der Waals surface area contributed by atoms with E-state index in [2.05, 4.69) is 21.5 Å². The first kappa shape index (κ1) is 10.3. The van der Waals surface area contributed by atoms with E-state index in [4.69, 9.17) is 0 Å². The average molecular weight is 228 g/mol. The molecule has 4 nitrogen and oxygen atoms in total. The van der Waals surface area contributed by atoms with Crippen LogP contribution in [0, 0.1) is 0 Å². The van der Waals surface area contributed by atoms with Gasteiger partial charge in [-0.1, -0.05) is 17.7 Å². The molecule has 17 heavy (non-hydrogen) atoms. The number of aromatic nitrogens is 3. The van der Waals surface area contributed by atoms with E-state index in [0.717, 1.165) is 24.6 Å². The lowest BCUT2D eigenvalue weighted by molar-refractivity contribution is 0.857. The van der Waals surface area contributed by atoms with Crippen molar-refractivity contribution in [2.75, 3.05) is 11.9 Å². The first-order chi connectivity index (χ1) is 8.42. The molecule has 0 radical (unpaired) electrons. The van der Waals surface area contributed by atoms with Crippen LogP contribution in [0.2, 0.25) is 0 Å². The third kappa shape index (κ3) is 2.30. The Bertz CT molecular complexity index is 508. The van der Waals surface area contributed by atoms with Crippen LogP contribution in [0.25, 0.3) is 5.65 Å². The lowest BCUT2D eigenvalue weighted by Crippen LogP contribution is -2.03. The number of anilines is 1. The number of nitrogens with one attached hydrogen (secondary N) is 1. The molecule has 3 rings (SSSR count). The van der Waals surface area contributed by atoms with Gasteiger partial charge in [-0.25, -0.2) is 4.52 Å². The minimum Gasteiger partial charge on any atom is -0.353 e. The summed E-state index contributed by atoms with van der Waals surface area (Å²) in [5.74, 6) is 0.717. The minimum absolute atomic E-state index is 0.717. The van der Waals surface area contributed by atoms with Crippen LogP contribution in [-0.4, -0.2) is 21.1 Å². The number of rotatable bonds is 4. The molecule has 0 saturated heterocycles. The second kappa shape index (κ2) is 4.57. The molecule has 4 heteroatoms. The van der Waals surface area contributed by atoms with Gasteiger partial charge in [0.1, 0.15) is 0 Å². The molecule has 0 aliphatic heterocycles. The summed E-state index contributed by atoms with van der Waals surface area (Å²) < 4.78 is 1.79. The highest BCUT2D eigenvalue weighted by molar-refractivity contribution is 5.42. The van der Waals surface area contributed by atoms with Gasteiger partial charge in [-0.15, -0.1) is 5.10 Å². The fourth-order valence-corrected chi connectivity index (χ4v) is 2.21. The molecule has 0 amide bonds. The summed E-state index contributed by atoms with van der Waals surface area (Å²) >= 11 is 0. The molecule has 88 valence electrons. The number of pyridine rings is 1. The van der Waals surface area contributed by atoms with Crippen molar-refractivity contribution < 1.29 is 0 Å². The van der Waals surface area contributed by atoms with Gasteiger partial charge >= 0.3 is 0 Å². The Morgan fingerprint density at radius 2 is 2.35 bits per heavy atom. The highest BCUT2D eigenvalue weighted by atomic mass is 15.3. The van der Waals surface area contributed by atoms with Crippen molar-refractivity contribution in [2.24, 2.45) is 0 Å². The molecule has 0 bridgehead atoms. The molecular weight excluding hydrogens is 212 g/mol. The summed E-state index contributed by atoms with van der Waals surface area (Å²) in [5.41, 5.74) is 2.45. The quantitative estimate of drug-likeness (QED) is 0.818. The first-order valence-corrected chi connectivity index (χ1v) is 6.15. The van der Waals surface area contributed by atoms with Gasteiger partial charge in [0.25, 0.3) is 0 Å². The fraction of sp³-hybridized carbons (Fsp3) is 0.385. The summed E-state index contributed by atoms with van der Waals surface area (Å²) in [7, 11) is 0. The Morgan fingerprint density at radius 3 is 3.18 bits per heavy atom. The first-order valence-electron chi connectivity index (χ1n) is 6.15. The maximum atomic E-state index is 4.40. The number of hydrogen-bond donors (Lipinski definition) is 1. The zero-order valence-electron chi connectivity index (χ0n) is 9.76. The van der Waals surface area contributed by atoms with Crippen molar-refractivity contribution in [1.82, 2.24) is 14.6 Å². The van der Waals surface area contributed by atoms with E-state index >= 15 is 0 Å². The molecule has 1 N–H and O–H groups in total. The molecular formula is C13H16N4. The van der Waals surface area contributed by atoms with Crippen LogP contribution >= 0.6 is 0 Å². The van der Waals surface area contributed by atoms with E-state index in [-0.39, 0.29) is 0 Å². The third-order valence-electron chi connectivity index (χ3n) is 3.11. The third-order valence-corrected chi connectivity index (χ3v) is 3.11. The van der Waals surface area contributed by atoms with Gasteiger partial charge in [0.2, 0.25) is 5.95 Å². The van der Waals surface area contributed by atoms with Crippen LogP contribution in [0.1, 0.15) is 25.7 Å². The molecule has 2 aromatic rings. The van der Waals surface area contributed by atoms with Gasteiger partial charge < -0.3 is 5.32 Å². The summed E-state index contributed by atoms with van der Waals surface area (Å²) in [4.78, 5) is 4.40. The normalized spacial score (nSPS) is 15.2. The average Bonchev–Trinajstić information content (AvgIpc) is 2.96. The highest BCUT2D eigenvalue weighted by Crippen LogP contribution is 2.20. The van der Waals surface area contributed by atoms with Gasteiger partial charge in [-0.3, -0.25) is 0 Å². The molecule has 1 aliphatic rings. The van der Waals surface area contributed by atoms with E-state index in [9.17, 15) is 0 Å². The van der Waals surface area contributed by atoms with E-state index in [1.54, 1.807) is 10.1 Å². The monoisotopic (exact) mass is 228 g/mol. The van der Waals surface area contributed by atoms with Crippen LogP contribution in [0.3, 0.4) is 0 Å². The Morgan fingerprint density at radius 1 is 1.35 bits per heavy atom. The minimum atomic E-state index is 0.717. The molecule has 0 atom stereocenters. The molecule has 0 unspecified atom stereocenters. The zero-order chi connectivity index (χ0) is 11.5. The summed E-state index contributed by atoms with van der Waals surface area (Å²) in [6.45, 7) is 0.919. The van der Waals surface area contributed by atoms with E-state index < -0.39 is 0 Å². The fourth-order valence-electron chi connectivity index (χ4n) is 2.21. The van der Waals surface area contributed by atoms with Gasteiger partial charge in [0, 0.05) is 12.7 Å². The van der Waals surface area contributed by atoms with E-state index in [1.165, 1.54) is 19.3 Å². The van der Waals surface area contributed by atoms with E-state index in [1.807, 2.05) is 24.4 Å². The smallest absolute Gasteiger partial charge is 0.243 e. The van der Waals surface area contributed by atoms with Crippen molar-refractivity contribution in [3.05, 3.63) is 36.0 Å². The highest BCUT2D eigenvalue weighted by Gasteiger charge is 2.05. The number of nitrogens with zero attached hydrogens (tertiary/aromatic N) is 3. The summed E-state index contributed by atoms with van der Waals surface area (Å²) in [5, 5.41) is 7.63. The molecule has 0 saturated carbocycles. The van der Waals surface area contributed by atoms with E-state index in [0.29, 0.717) is 0 Å². The maximum Gasteiger partial charge on any atom is 0.243 e. The second-order valence-electron chi connectivity index (χ2n) is 4.37. The van der Waals surface area contributed by atoms with Gasteiger partial charge in [-0.2, -0.15) is 4.98 Å². The number of allylic oxidation sites excluding steroid dienone is 1. The lowest BCUT2D eigenvalue weighted by Gasteiger charge is -2.02. The van der Waals surface area contributed by atoms with Crippen molar-refractivity contribution in [3.63, 3.8) is 0 Å². The summed E-state index contributed by atoms with van der Waals surface area (Å²) in [6.07, 6.45) is 9.21. The molecule has 2 aromatic heterocycles. The molecule has 0 aromatic carbocycles. The van der Waals surface area contributed by atoms with Crippen LogP contribution in [0.4, 0.5) is 5.95 Å². The Kier molecular flexibility index (Phi) is 2.78. The van der Waals surface area contributed by atoms with Crippen molar-refractivity contribution in [3.8, 4) is 0 Å². The zero-order valence-corrected chi connectivity index (χ0v) is 9.76. The maximum absolute atomic E-state index is 4.40. The molecule has 1 aliphatic carbocycles. The predicted octanol–water partition coefficient (Wildman–Crippen LogP) is 2.64. The Labute approximate surface area is 100 Å². The van der Waals surface area contributed by atoms with Gasteiger partial charge in [0.05, 0.1) is 0 Å². The van der Waals surface area contributed by atoms with Crippen LogP contribution in [0.15, 0.2) is 36.0 Å². The van der Waals surface area contributed by atoms with Crippen LogP contribution in [-0.2, 0) is 0 Å². The standard InChI is InChI=1S/C13H16N4/c1-2-6-11(5-1)8-9-14-13-15-12-7-3-4-10-17(12)16-13/h3-5,7,10H,1-2,6,8-9H2,(H,14,16). The number of fused-ring (bicyclic) bond motifs is 1. The van der Waals surface area contributed by atoms with Crippen LogP contribution < -0.4 is 5.32 Å². The summed E-state index contributed by atoms with van der Waals surface area (Å²) in [6, 6.07) is 5.88. The number of hydrogen-bond acceptors (Lipinski definition) is 3. The predicted molar refractivity (Wildman–Crippen MR) is 68.0 cm³/mol. The van der Waals surface area contributed by atoms with Gasteiger partial charge in [0.15, 0.2) is 5.65 Å². The topological polar surface area (TPSA) is 42.2 Å². The van der Waals surface area contributed by atoms with Gasteiger partial charge in [-0.05, 0) is 37.8 Å². The molecule has 0 spiro atoms.